The normalized spacial score (nSPS) is 15.7. The number of aryl methyl sites for hydroxylation is 1. The monoisotopic (exact) mass is 435 g/mol. The van der Waals surface area contributed by atoms with Gasteiger partial charge in [-0.05, 0) is 65.7 Å². The maximum absolute atomic E-state index is 12.4. The average molecular weight is 436 g/mol. The van der Waals surface area contributed by atoms with Gasteiger partial charge in [-0.1, -0.05) is 28.9 Å². The highest BCUT2D eigenvalue weighted by Crippen LogP contribution is 2.30. The van der Waals surface area contributed by atoms with E-state index in [0.717, 1.165) is 5.56 Å². The zero-order chi connectivity index (χ0) is 18.9. The molecule has 3 rings (SSSR count). The SMILES string of the molecule is CC1=NOC(=O)/C1=C/c1ccc(OS(=O)(=O)c2ccc(C)cc2)c(Br)c1. The Labute approximate surface area is 159 Å². The van der Waals surface area contributed by atoms with Crippen molar-refractivity contribution in [3.63, 3.8) is 0 Å². The Balaban J connectivity index is 1.86. The minimum Gasteiger partial charge on any atom is -0.378 e. The minimum atomic E-state index is -3.94. The van der Waals surface area contributed by atoms with Gasteiger partial charge in [0.2, 0.25) is 0 Å². The molecule has 1 aliphatic heterocycles. The van der Waals surface area contributed by atoms with Crippen molar-refractivity contribution in [3.8, 4) is 5.75 Å². The number of halogens is 1. The number of carbonyl (C=O) groups is 1. The molecule has 2 aromatic carbocycles. The highest BCUT2D eigenvalue weighted by atomic mass is 79.9. The van der Waals surface area contributed by atoms with Crippen molar-refractivity contribution in [2.24, 2.45) is 5.16 Å². The van der Waals surface area contributed by atoms with E-state index in [1.54, 1.807) is 37.3 Å². The van der Waals surface area contributed by atoms with Crippen LogP contribution >= 0.6 is 15.9 Å². The summed E-state index contributed by atoms with van der Waals surface area (Å²) in [4.78, 5) is 16.3. The molecule has 8 heteroatoms. The van der Waals surface area contributed by atoms with Crippen molar-refractivity contribution >= 4 is 43.8 Å². The molecule has 0 bridgehead atoms. The molecule has 1 heterocycles. The molecule has 0 spiro atoms. The molecule has 0 N–H and O–H groups in total. The first-order chi connectivity index (χ1) is 12.3. The molecule has 0 aliphatic carbocycles. The van der Waals surface area contributed by atoms with Crippen LogP contribution in [0.25, 0.3) is 6.08 Å². The lowest BCUT2D eigenvalue weighted by Crippen LogP contribution is -2.10. The van der Waals surface area contributed by atoms with E-state index in [0.29, 0.717) is 21.3 Å². The van der Waals surface area contributed by atoms with Crippen LogP contribution in [0.4, 0.5) is 0 Å². The number of carbonyl (C=O) groups excluding carboxylic acids is 1. The molecule has 0 amide bonds. The van der Waals surface area contributed by atoms with Crippen molar-refractivity contribution in [1.82, 2.24) is 0 Å². The van der Waals surface area contributed by atoms with Gasteiger partial charge in [0.25, 0.3) is 0 Å². The Hall–Kier alpha value is -2.45. The van der Waals surface area contributed by atoms with Crippen LogP contribution in [0.2, 0.25) is 0 Å². The third-order valence-electron chi connectivity index (χ3n) is 3.65. The van der Waals surface area contributed by atoms with Crippen molar-refractivity contribution in [2.45, 2.75) is 18.7 Å². The second-order valence-corrected chi connectivity index (χ2v) is 8.05. The molecule has 1 aliphatic rings. The number of hydrogen-bond acceptors (Lipinski definition) is 6. The zero-order valence-corrected chi connectivity index (χ0v) is 16.3. The number of benzene rings is 2. The summed E-state index contributed by atoms with van der Waals surface area (Å²) in [5, 5.41) is 3.61. The van der Waals surface area contributed by atoms with Crippen LogP contribution in [-0.4, -0.2) is 20.1 Å². The summed E-state index contributed by atoms with van der Waals surface area (Å²) < 4.78 is 30.4. The minimum absolute atomic E-state index is 0.0710. The van der Waals surface area contributed by atoms with Crippen molar-refractivity contribution < 1.29 is 22.2 Å². The molecule has 0 saturated heterocycles. The van der Waals surface area contributed by atoms with Gasteiger partial charge in [0.15, 0.2) is 5.75 Å². The first-order valence-electron chi connectivity index (χ1n) is 7.55. The van der Waals surface area contributed by atoms with Crippen LogP contribution in [-0.2, 0) is 19.8 Å². The average Bonchev–Trinajstić information content (AvgIpc) is 2.89. The molecule has 6 nitrogen and oxygen atoms in total. The largest absolute Gasteiger partial charge is 0.378 e. The number of nitrogens with zero attached hydrogens (tertiary/aromatic N) is 1. The standard InChI is InChI=1S/C18H14BrNO5S/c1-11-3-6-14(7-4-11)26(22,23)25-17-8-5-13(10-16(17)19)9-15-12(2)20-24-18(15)21/h3-10H,1-2H3/b15-9+. The second-order valence-electron chi connectivity index (χ2n) is 5.65. The fraction of sp³-hybridized carbons (Fsp3) is 0.111. The van der Waals surface area contributed by atoms with Gasteiger partial charge >= 0.3 is 16.1 Å². The molecule has 0 atom stereocenters. The lowest BCUT2D eigenvalue weighted by Gasteiger charge is -2.09. The van der Waals surface area contributed by atoms with Crippen LogP contribution in [0.3, 0.4) is 0 Å². The Morgan fingerprint density at radius 2 is 1.81 bits per heavy atom. The topological polar surface area (TPSA) is 82.0 Å². The molecule has 0 saturated carbocycles. The lowest BCUT2D eigenvalue weighted by molar-refractivity contribution is -0.136. The molecule has 0 aromatic heterocycles. The molecule has 0 fully saturated rings. The van der Waals surface area contributed by atoms with E-state index in [1.165, 1.54) is 18.2 Å². The first-order valence-corrected chi connectivity index (χ1v) is 9.75. The Morgan fingerprint density at radius 3 is 2.38 bits per heavy atom. The number of oxime groups is 1. The van der Waals surface area contributed by atoms with Gasteiger partial charge < -0.3 is 9.02 Å². The van der Waals surface area contributed by atoms with Crippen LogP contribution in [0.1, 0.15) is 18.1 Å². The Morgan fingerprint density at radius 1 is 1.12 bits per heavy atom. The van der Waals surface area contributed by atoms with Crippen molar-refractivity contribution in [3.05, 3.63) is 63.6 Å². The maximum Gasteiger partial charge on any atom is 0.367 e. The van der Waals surface area contributed by atoms with Gasteiger partial charge in [-0.15, -0.1) is 0 Å². The van der Waals surface area contributed by atoms with Gasteiger partial charge in [0.05, 0.1) is 15.8 Å². The van der Waals surface area contributed by atoms with Gasteiger partial charge in [-0.25, -0.2) is 4.79 Å². The van der Waals surface area contributed by atoms with E-state index in [2.05, 4.69) is 25.9 Å². The van der Waals surface area contributed by atoms with Gasteiger partial charge in [0.1, 0.15) is 4.90 Å². The molecule has 134 valence electrons. The van der Waals surface area contributed by atoms with Crippen LogP contribution in [0.5, 0.6) is 5.75 Å². The van der Waals surface area contributed by atoms with E-state index in [4.69, 9.17) is 4.18 Å². The Kier molecular flexibility index (Phi) is 4.97. The first kappa shape index (κ1) is 18.3. The summed E-state index contributed by atoms with van der Waals surface area (Å²) in [6, 6.07) is 11.2. The molecule has 0 radical (unpaired) electrons. The third-order valence-corrected chi connectivity index (χ3v) is 5.52. The van der Waals surface area contributed by atoms with E-state index in [-0.39, 0.29) is 10.6 Å². The summed E-state index contributed by atoms with van der Waals surface area (Å²) in [6.45, 7) is 3.53. The van der Waals surface area contributed by atoms with E-state index in [9.17, 15) is 13.2 Å². The predicted octanol–water partition coefficient (Wildman–Crippen LogP) is 3.84. The predicted molar refractivity (Wildman–Crippen MR) is 100 cm³/mol. The fourth-order valence-corrected chi connectivity index (χ4v) is 3.76. The molecule has 0 unspecified atom stereocenters. The fourth-order valence-electron chi connectivity index (χ4n) is 2.23. The lowest BCUT2D eigenvalue weighted by atomic mass is 10.1. The number of hydrogen-bond donors (Lipinski definition) is 0. The summed E-state index contributed by atoms with van der Waals surface area (Å²) >= 11 is 3.30. The highest BCUT2D eigenvalue weighted by molar-refractivity contribution is 9.10. The van der Waals surface area contributed by atoms with Crippen LogP contribution in [0, 0.1) is 6.92 Å². The van der Waals surface area contributed by atoms with Gasteiger partial charge in [-0.2, -0.15) is 8.42 Å². The summed E-state index contributed by atoms with van der Waals surface area (Å²) in [5.74, 6) is -0.381. The molecule has 2 aromatic rings. The van der Waals surface area contributed by atoms with Crippen molar-refractivity contribution in [2.75, 3.05) is 0 Å². The summed E-state index contributed by atoms with van der Waals surface area (Å²) in [6.07, 6.45) is 1.61. The second kappa shape index (κ2) is 7.05. The molecule has 26 heavy (non-hydrogen) atoms. The quantitative estimate of drug-likeness (QED) is 0.413. The van der Waals surface area contributed by atoms with E-state index >= 15 is 0 Å². The van der Waals surface area contributed by atoms with Crippen molar-refractivity contribution in [1.29, 1.82) is 0 Å². The van der Waals surface area contributed by atoms with Gasteiger partial charge in [-0.3, -0.25) is 0 Å². The number of rotatable bonds is 4. The summed E-state index contributed by atoms with van der Waals surface area (Å²) in [5.41, 5.74) is 2.44. The van der Waals surface area contributed by atoms with Gasteiger partial charge in [0, 0.05) is 0 Å². The highest BCUT2D eigenvalue weighted by Gasteiger charge is 2.22. The smallest absolute Gasteiger partial charge is 0.367 e. The summed E-state index contributed by atoms with van der Waals surface area (Å²) in [7, 11) is -3.94. The maximum atomic E-state index is 12.4. The molecular weight excluding hydrogens is 422 g/mol. The zero-order valence-electron chi connectivity index (χ0n) is 13.9. The Bertz CT molecular complexity index is 1040. The third kappa shape index (κ3) is 3.86. The molecular formula is C18H14BrNO5S. The van der Waals surface area contributed by atoms with E-state index in [1.807, 2.05) is 6.92 Å². The van der Waals surface area contributed by atoms with Crippen LogP contribution in [0.15, 0.2) is 62.6 Å². The van der Waals surface area contributed by atoms with Crippen LogP contribution < -0.4 is 4.18 Å². The van der Waals surface area contributed by atoms with E-state index < -0.39 is 16.1 Å².